The summed E-state index contributed by atoms with van der Waals surface area (Å²) in [4.78, 5) is 13.5. The van der Waals surface area contributed by atoms with Crippen LogP contribution in [0.2, 0.25) is 0 Å². The van der Waals surface area contributed by atoms with Crippen LogP contribution in [0.5, 0.6) is 5.75 Å². The largest absolute Gasteiger partial charge is 0.496 e. The Balaban J connectivity index is 2.79. The molecule has 0 fully saturated rings. The molecule has 0 spiro atoms. The highest BCUT2D eigenvalue weighted by Crippen LogP contribution is 2.27. The monoisotopic (exact) mass is 364 g/mol. The van der Waals surface area contributed by atoms with Gasteiger partial charge in [0.1, 0.15) is 5.75 Å². The van der Waals surface area contributed by atoms with Crippen molar-refractivity contribution >= 4 is 31.9 Å². The van der Waals surface area contributed by atoms with E-state index < -0.39 is 10.0 Å². The molecule has 0 aliphatic rings. The van der Waals surface area contributed by atoms with Crippen molar-refractivity contribution in [3.05, 3.63) is 22.7 Å². The van der Waals surface area contributed by atoms with Gasteiger partial charge in [0.15, 0.2) is 0 Å². The highest BCUT2D eigenvalue weighted by atomic mass is 79.9. The lowest BCUT2D eigenvalue weighted by Crippen LogP contribution is -2.41. The normalized spacial score (nSPS) is 11.4. The summed E-state index contributed by atoms with van der Waals surface area (Å²) in [6.45, 7) is 3.74. The minimum Gasteiger partial charge on any atom is -0.496 e. The van der Waals surface area contributed by atoms with Gasteiger partial charge in [0, 0.05) is 6.42 Å². The number of ether oxygens (including phenoxy) is 1. The van der Waals surface area contributed by atoms with Crippen molar-refractivity contribution in [2.45, 2.75) is 25.2 Å². The molecule has 0 heterocycles. The molecule has 1 rings (SSSR count). The SMILES string of the molecule is COc1ccc(S(=O)(=O)NNC(=O)CC(C)C)cc1Br. The fraction of sp³-hybridized carbons (Fsp3) is 0.417. The molecule has 20 heavy (non-hydrogen) atoms. The molecule has 1 aromatic carbocycles. The van der Waals surface area contributed by atoms with Crippen LogP contribution in [0, 0.1) is 5.92 Å². The van der Waals surface area contributed by atoms with Gasteiger partial charge >= 0.3 is 0 Å². The van der Waals surface area contributed by atoms with Crippen LogP contribution < -0.4 is 15.0 Å². The van der Waals surface area contributed by atoms with Crippen molar-refractivity contribution in [3.8, 4) is 5.75 Å². The zero-order valence-electron chi connectivity index (χ0n) is 11.4. The molecule has 0 bridgehead atoms. The first-order valence-electron chi connectivity index (χ1n) is 5.90. The lowest BCUT2D eigenvalue weighted by molar-refractivity contribution is -0.122. The average molecular weight is 365 g/mol. The number of hydrazine groups is 1. The van der Waals surface area contributed by atoms with Crippen LogP contribution in [-0.2, 0) is 14.8 Å². The van der Waals surface area contributed by atoms with Crippen LogP contribution in [0.4, 0.5) is 0 Å². The van der Waals surface area contributed by atoms with Crippen LogP contribution in [0.25, 0.3) is 0 Å². The van der Waals surface area contributed by atoms with E-state index in [1.165, 1.54) is 25.3 Å². The third-order valence-corrected chi connectivity index (χ3v) is 4.22. The molecule has 2 N–H and O–H groups in total. The van der Waals surface area contributed by atoms with Crippen molar-refractivity contribution in [2.75, 3.05) is 7.11 Å². The van der Waals surface area contributed by atoms with Crippen LogP contribution in [0.15, 0.2) is 27.6 Å². The molecule has 8 heteroatoms. The van der Waals surface area contributed by atoms with E-state index in [9.17, 15) is 13.2 Å². The third kappa shape index (κ3) is 4.77. The molecule has 0 saturated heterocycles. The summed E-state index contributed by atoms with van der Waals surface area (Å²) in [5, 5.41) is 0. The van der Waals surface area contributed by atoms with Gasteiger partial charge < -0.3 is 4.74 Å². The van der Waals surface area contributed by atoms with Crippen LogP contribution in [0.3, 0.4) is 0 Å². The maximum absolute atomic E-state index is 12.0. The summed E-state index contributed by atoms with van der Waals surface area (Å²) in [5.74, 6) is 0.290. The maximum atomic E-state index is 12.0. The molecule has 0 unspecified atom stereocenters. The number of hydrogen-bond donors (Lipinski definition) is 2. The summed E-state index contributed by atoms with van der Waals surface area (Å²) in [7, 11) is -2.32. The predicted molar refractivity (Wildman–Crippen MR) is 78.6 cm³/mol. The molecule has 0 aliphatic carbocycles. The molecular weight excluding hydrogens is 348 g/mol. The second-order valence-corrected chi connectivity index (χ2v) is 7.08. The minimum atomic E-state index is -3.81. The van der Waals surface area contributed by atoms with Gasteiger partial charge in [-0.1, -0.05) is 13.8 Å². The molecular formula is C12H17BrN2O4S. The third-order valence-electron chi connectivity index (χ3n) is 2.35. The van der Waals surface area contributed by atoms with E-state index in [4.69, 9.17) is 4.74 Å². The summed E-state index contributed by atoms with van der Waals surface area (Å²) >= 11 is 3.21. The standard InChI is InChI=1S/C12H17BrN2O4S/c1-8(2)6-12(16)14-15-20(17,18)9-4-5-11(19-3)10(13)7-9/h4-5,7-8,15H,6H2,1-3H3,(H,14,16). The number of hydrogen-bond acceptors (Lipinski definition) is 4. The number of carbonyl (C=O) groups excluding carboxylic acids is 1. The van der Waals surface area contributed by atoms with Crippen molar-refractivity contribution in [1.29, 1.82) is 0 Å². The van der Waals surface area contributed by atoms with Crippen LogP contribution in [-0.4, -0.2) is 21.4 Å². The molecule has 1 aromatic rings. The number of methoxy groups -OCH3 is 1. The average Bonchev–Trinajstić information content (AvgIpc) is 2.35. The molecule has 0 radical (unpaired) electrons. The van der Waals surface area contributed by atoms with Gasteiger partial charge in [0.2, 0.25) is 5.91 Å². The zero-order valence-corrected chi connectivity index (χ0v) is 13.8. The van der Waals surface area contributed by atoms with E-state index in [-0.39, 0.29) is 23.1 Å². The molecule has 0 saturated carbocycles. The van der Waals surface area contributed by atoms with Gasteiger partial charge in [-0.3, -0.25) is 10.2 Å². The second kappa shape index (κ2) is 7.05. The number of nitrogens with one attached hydrogen (secondary N) is 2. The molecule has 0 aliphatic heterocycles. The highest BCUT2D eigenvalue weighted by Gasteiger charge is 2.17. The topological polar surface area (TPSA) is 84.5 Å². The van der Waals surface area contributed by atoms with E-state index in [0.717, 1.165) is 0 Å². The molecule has 0 atom stereocenters. The lowest BCUT2D eigenvalue weighted by atomic mass is 10.1. The number of halogens is 1. The Labute approximate surface area is 127 Å². The molecule has 6 nitrogen and oxygen atoms in total. The zero-order chi connectivity index (χ0) is 15.3. The molecule has 112 valence electrons. The number of rotatable bonds is 6. The number of benzene rings is 1. The quantitative estimate of drug-likeness (QED) is 0.753. The Kier molecular flexibility index (Phi) is 5.97. The number of amides is 1. The van der Waals surface area contributed by atoms with Crippen molar-refractivity contribution in [3.63, 3.8) is 0 Å². The van der Waals surface area contributed by atoms with Gasteiger partial charge in [0.25, 0.3) is 10.0 Å². The van der Waals surface area contributed by atoms with Gasteiger partial charge in [0.05, 0.1) is 16.5 Å². The van der Waals surface area contributed by atoms with Crippen LogP contribution in [0.1, 0.15) is 20.3 Å². The van der Waals surface area contributed by atoms with E-state index in [2.05, 4.69) is 26.2 Å². The molecule has 1 amide bonds. The fourth-order valence-electron chi connectivity index (χ4n) is 1.42. The van der Waals surface area contributed by atoms with E-state index in [0.29, 0.717) is 10.2 Å². The first-order valence-corrected chi connectivity index (χ1v) is 8.18. The van der Waals surface area contributed by atoms with E-state index >= 15 is 0 Å². The second-order valence-electron chi connectivity index (χ2n) is 4.55. The highest BCUT2D eigenvalue weighted by molar-refractivity contribution is 9.10. The van der Waals surface area contributed by atoms with Gasteiger partial charge in [-0.25, -0.2) is 8.42 Å². The Morgan fingerprint density at radius 1 is 1.40 bits per heavy atom. The Morgan fingerprint density at radius 3 is 2.55 bits per heavy atom. The maximum Gasteiger partial charge on any atom is 0.257 e. The van der Waals surface area contributed by atoms with Crippen LogP contribution >= 0.6 is 15.9 Å². The predicted octanol–water partition coefficient (Wildman–Crippen LogP) is 1.81. The fourth-order valence-corrected chi connectivity index (χ4v) is 3.00. The summed E-state index contributed by atoms with van der Waals surface area (Å²) in [6.07, 6.45) is 0.245. The number of carbonyl (C=O) groups is 1. The summed E-state index contributed by atoms with van der Waals surface area (Å²) < 4.78 is 29.5. The minimum absolute atomic E-state index is 0.0232. The van der Waals surface area contributed by atoms with Crippen molar-refractivity contribution in [1.82, 2.24) is 10.3 Å². The first-order chi connectivity index (χ1) is 9.26. The Morgan fingerprint density at radius 2 is 2.05 bits per heavy atom. The van der Waals surface area contributed by atoms with Gasteiger partial charge in [-0.15, -0.1) is 4.83 Å². The summed E-state index contributed by atoms with van der Waals surface area (Å²) in [6, 6.07) is 4.31. The van der Waals surface area contributed by atoms with Crippen molar-refractivity contribution < 1.29 is 17.9 Å². The Bertz CT molecular complexity index is 587. The molecule has 0 aromatic heterocycles. The lowest BCUT2D eigenvalue weighted by Gasteiger charge is -2.10. The first kappa shape index (κ1) is 16.9. The number of sulfonamides is 1. The van der Waals surface area contributed by atoms with Gasteiger partial charge in [-0.2, -0.15) is 0 Å². The smallest absolute Gasteiger partial charge is 0.257 e. The summed E-state index contributed by atoms with van der Waals surface area (Å²) in [5.41, 5.74) is 2.18. The van der Waals surface area contributed by atoms with E-state index in [1.54, 1.807) is 0 Å². The Hall–Kier alpha value is -1.12. The van der Waals surface area contributed by atoms with Crippen molar-refractivity contribution in [2.24, 2.45) is 5.92 Å². The van der Waals surface area contributed by atoms with E-state index in [1.807, 2.05) is 13.8 Å². The van der Waals surface area contributed by atoms with Gasteiger partial charge in [-0.05, 0) is 40.0 Å².